The summed E-state index contributed by atoms with van der Waals surface area (Å²) in [6, 6.07) is 6.30. The fraction of sp³-hybridized carbons (Fsp3) is 0.714. The Kier molecular flexibility index (Phi) is 9.12. The minimum Gasteiger partial charge on any atom is -0.381 e. The third kappa shape index (κ3) is 7.11. The van der Waals surface area contributed by atoms with E-state index in [9.17, 15) is 14.0 Å². The summed E-state index contributed by atoms with van der Waals surface area (Å²) in [7, 11) is 1.77. The van der Waals surface area contributed by atoms with E-state index >= 15 is 0 Å². The van der Waals surface area contributed by atoms with E-state index in [1.165, 1.54) is 31.4 Å². The van der Waals surface area contributed by atoms with Crippen molar-refractivity contribution in [2.24, 2.45) is 17.8 Å². The molecule has 6 heteroatoms. The van der Waals surface area contributed by atoms with Crippen LogP contribution >= 0.6 is 0 Å². The van der Waals surface area contributed by atoms with E-state index in [1.54, 1.807) is 19.2 Å². The first-order chi connectivity index (χ1) is 16.5. The van der Waals surface area contributed by atoms with E-state index in [4.69, 9.17) is 4.74 Å². The Morgan fingerprint density at radius 2 is 1.65 bits per heavy atom. The Morgan fingerprint density at radius 3 is 2.29 bits per heavy atom. The van der Waals surface area contributed by atoms with Gasteiger partial charge in [0.1, 0.15) is 5.82 Å². The molecule has 0 spiro atoms. The van der Waals surface area contributed by atoms with Crippen molar-refractivity contribution < 1.29 is 18.7 Å². The zero-order valence-electron chi connectivity index (χ0n) is 20.6. The van der Waals surface area contributed by atoms with Gasteiger partial charge < -0.3 is 15.0 Å². The molecule has 2 saturated carbocycles. The van der Waals surface area contributed by atoms with Gasteiger partial charge in [0, 0.05) is 31.1 Å². The highest BCUT2D eigenvalue weighted by Crippen LogP contribution is 2.31. The summed E-state index contributed by atoms with van der Waals surface area (Å²) in [6.07, 6.45) is 11.8. The minimum absolute atomic E-state index is 0.0605. The van der Waals surface area contributed by atoms with Gasteiger partial charge in [0.05, 0.1) is 6.10 Å². The van der Waals surface area contributed by atoms with Crippen LogP contribution in [0, 0.1) is 23.6 Å². The lowest BCUT2D eigenvalue weighted by molar-refractivity contribution is -0.123. The summed E-state index contributed by atoms with van der Waals surface area (Å²) in [6.45, 7) is 3.03. The molecular formula is C28H41FN2O3. The molecule has 1 N–H and O–H groups in total. The number of benzene rings is 1. The van der Waals surface area contributed by atoms with Crippen LogP contribution in [0.2, 0.25) is 0 Å². The number of methoxy groups -OCH3 is 1. The number of Topliss-reactive ketones (excluding diaryl/α,β-unsaturated/α-hetero) is 1. The Hall–Kier alpha value is -1.79. The second-order valence-electron chi connectivity index (χ2n) is 10.8. The van der Waals surface area contributed by atoms with Gasteiger partial charge in [0.2, 0.25) is 5.91 Å². The van der Waals surface area contributed by atoms with E-state index in [2.05, 4.69) is 10.2 Å². The molecule has 5 nitrogen and oxygen atoms in total. The molecule has 1 amide bonds. The second-order valence-corrected chi connectivity index (χ2v) is 10.8. The average molecular weight is 473 g/mol. The number of likely N-dealkylation sites (tertiary alicyclic amines) is 1. The summed E-state index contributed by atoms with van der Waals surface area (Å²) in [5.74, 6) is 1.37. The summed E-state index contributed by atoms with van der Waals surface area (Å²) in [4.78, 5) is 27.6. The lowest BCUT2D eigenvalue weighted by Crippen LogP contribution is -2.39. The third-order valence-corrected chi connectivity index (χ3v) is 8.45. The number of hydrogen-bond donors (Lipinski definition) is 1. The minimum atomic E-state index is -0.299. The number of carbonyl (C=O) groups excluding carboxylic acids is 2. The highest BCUT2D eigenvalue weighted by Gasteiger charge is 2.29. The van der Waals surface area contributed by atoms with Crippen molar-refractivity contribution in [3.8, 4) is 0 Å². The molecule has 188 valence electrons. The van der Waals surface area contributed by atoms with Crippen molar-refractivity contribution in [1.82, 2.24) is 10.2 Å². The SMILES string of the molecule is CO[C@@H]1CC[C@@H](CC(=O)N[C@H]2CC[C@H](CCN3CCC(C(=O)c4ccc(F)cc4)CC3)CC2)C1. The monoisotopic (exact) mass is 472 g/mol. The molecule has 1 saturated heterocycles. The molecule has 0 radical (unpaired) electrons. The van der Waals surface area contributed by atoms with Gasteiger partial charge >= 0.3 is 0 Å². The fourth-order valence-corrected chi connectivity index (χ4v) is 6.21. The molecule has 3 fully saturated rings. The summed E-state index contributed by atoms with van der Waals surface area (Å²) in [5.41, 5.74) is 0.631. The molecule has 0 bridgehead atoms. The van der Waals surface area contributed by atoms with Crippen molar-refractivity contribution >= 4 is 11.7 Å². The molecule has 34 heavy (non-hydrogen) atoms. The molecule has 0 aromatic heterocycles. The van der Waals surface area contributed by atoms with Gasteiger partial charge in [0.15, 0.2) is 5.78 Å². The lowest BCUT2D eigenvalue weighted by atomic mass is 9.83. The van der Waals surface area contributed by atoms with Crippen LogP contribution < -0.4 is 5.32 Å². The first kappa shape index (κ1) is 25.3. The molecule has 1 aliphatic heterocycles. The van der Waals surface area contributed by atoms with Crippen LogP contribution in [0.15, 0.2) is 24.3 Å². The first-order valence-electron chi connectivity index (χ1n) is 13.3. The molecule has 4 rings (SSSR count). The van der Waals surface area contributed by atoms with Crippen molar-refractivity contribution in [2.75, 3.05) is 26.7 Å². The standard InChI is InChI=1S/C28H41FN2O3/c1-34-26-11-4-21(18-26)19-27(32)30-25-9-2-20(3-10-25)12-15-31-16-13-23(14-17-31)28(33)22-5-7-24(29)8-6-22/h5-8,20-21,23,25-26H,2-4,9-19H2,1H3,(H,30,32)/t20-,21-,25-,26-/m1/s1. The Bertz CT molecular complexity index is 798. The zero-order chi connectivity index (χ0) is 23.9. The second kappa shape index (κ2) is 12.3. The van der Waals surface area contributed by atoms with Crippen molar-refractivity contribution in [3.63, 3.8) is 0 Å². The predicted molar refractivity (Wildman–Crippen MR) is 131 cm³/mol. The predicted octanol–water partition coefficient (Wildman–Crippen LogP) is 4.99. The third-order valence-electron chi connectivity index (χ3n) is 8.45. The quantitative estimate of drug-likeness (QED) is 0.515. The van der Waals surface area contributed by atoms with Crippen LogP contribution in [0.5, 0.6) is 0 Å². The number of nitrogens with zero attached hydrogens (tertiary/aromatic N) is 1. The fourth-order valence-electron chi connectivity index (χ4n) is 6.21. The van der Waals surface area contributed by atoms with E-state index in [1.807, 2.05) is 0 Å². The van der Waals surface area contributed by atoms with Crippen LogP contribution in [0.25, 0.3) is 0 Å². The Labute approximate surface area is 203 Å². The summed E-state index contributed by atoms with van der Waals surface area (Å²) >= 11 is 0. The van der Waals surface area contributed by atoms with Gasteiger partial charge in [-0.1, -0.05) is 0 Å². The van der Waals surface area contributed by atoms with Crippen molar-refractivity contribution in [1.29, 1.82) is 0 Å². The number of ketones is 1. The summed E-state index contributed by atoms with van der Waals surface area (Å²) < 4.78 is 18.5. The zero-order valence-corrected chi connectivity index (χ0v) is 20.6. The van der Waals surface area contributed by atoms with Gasteiger partial charge in [-0.25, -0.2) is 4.39 Å². The molecule has 1 aromatic rings. The molecule has 2 atom stereocenters. The highest BCUT2D eigenvalue weighted by molar-refractivity contribution is 5.97. The molecule has 1 aromatic carbocycles. The maximum absolute atomic E-state index is 13.1. The van der Waals surface area contributed by atoms with Crippen molar-refractivity contribution in [2.45, 2.75) is 82.8 Å². The maximum atomic E-state index is 13.1. The summed E-state index contributed by atoms with van der Waals surface area (Å²) in [5, 5.41) is 3.29. The number of halogens is 1. The average Bonchev–Trinajstić information content (AvgIpc) is 3.31. The van der Waals surface area contributed by atoms with Crippen LogP contribution in [-0.2, 0) is 9.53 Å². The Balaban J connectivity index is 1.09. The van der Waals surface area contributed by atoms with Crippen LogP contribution in [0.1, 0.15) is 81.0 Å². The number of ether oxygens (including phenoxy) is 1. The normalized spacial score (nSPS) is 28.6. The van der Waals surface area contributed by atoms with Gasteiger partial charge in [-0.05, 0) is 120 Å². The number of piperidine rings is 1. The van der Waals surface area contributed by atoms with Gasteiger partial charge in [0.25, 0.3) is 0 Å². The smallest absolute Gasteiger partial charge is 0.220 e. The molecule has 3 aliphatic rings. The first-order valence-corrected chi connectivity index (χ1v) is 13.3. The van der Waals surface area contributed by atoms with Crippen LogP contribution in [-0.4, -0.2) is 55.5 Å². The van der Waals surface area contributed by atoms with E-state index in [0.717, 1.165) is 70.5 Å². The van der Waals surface area contributed by atoms with E-state index in [0.29, 0.717) is 30.0 Å². The van der Waals surface area contributed by atoms with Crippen LogP contribution in [0.3, 0.4) is 0 Å². The maximum Gasteiger partial charge on any atom is 0.220 e. The van der Waals surface area contributed by atoms with Gasteiger partial charge in [-0.2, -0.15) is 0 Å². The van der Waals surface area contributed by atoms with E-state index in [-0.39, 0.29) is 23.4 Å². The number of hydrogen-bond acceptors (Lipinski definition) is 4. The lowest BCUT2D eigenvalue weighted by Gasteiger charge is -2.34. The molecule has 0 unspecified atom stereocenters. The Morgan fingerprint density at radius 1 is 0.971 bits per heavy atom. The van der Waals surface area contributed by atoms with Crippen molar-refractivity contribution in [3.05, 3.63) is 35.6 Å². The highest BCUT2D eigenvalue weighted by atomic mass is 19.1. The topological polar surface area (TPSA) is 58.6 Å². The number of nitrogens with one attached hydrogen (secondary N) is 1. The number of carbonyl (C=O) groups is 2. The van der Waals surface area contributed by atoms with Gasteiger partial charge in [-0.3, -0.25) is 9.59 Å². The number of amides is 1. The van der Waals surface area contributed by atoms with Gasteiger partial charge in [-0.15, -0.1) is 0 Å². The van der Waals surface area contributed by atoms with E-state index < -0.39 is 0 Å². The van der Waals surface area contributed by atoms with Crippen LogP contribution in [0.4, 0.5) is 4.39 Å². The molecular weight excluding hydrogens is 431 g/mol. The molecule has 1 heterocycles. The number of rotatable bonds is 9. The largest absolute Gasteiger partial charge is 0.381 e. The molecule has 2 aliphatic carbocycles.